The lowest BCUT2D eigenvalue weighted by Gasteiger charge is -2.18. The van der Waals surface area contributed by atoms with Gasteiger partial charge in [0.25, 0.3) is 17.4 Å². The van der Waals surface area contributed by atoms with E-state index in [0.29, 0.717) is 0 Å². The number of amides is 2. The number of fused-ring (bicyclic) bond motifs is 1. The van der Waals surface area contributed by atoms with Crippen LogP contribution in [-0.4, -0.2) is 45.1 Å². The number of hydrogen-bond acceptors (Lipinski definition) is 9. The van der Waals surface area contributed by atoms with Crippen LogP contribution < -0.4 is 31.8 Å². The van der Waals surface area contributed by atoms with Gasteiger partial charge in [0.05, 0.1) is 18.1 Å². The van der Waals surface area contributed by atoms with E-state index in [1.807, 2.05) is 0 Å². The Morgan fingerprint density at radius 2 is 1.90 bits per heavy atom. The number of ether oxygens (including phenoxy) is 2. The van der Waals surface area contributed by atoms with Gasteiger partial charge < -0.3 is 20.9 Å². The van der Waals surface area contributed by atoms with Crippen LogP contribution in [0, 0.1) is 0 Å². The van der Waals surface area contributed by atoms with Gasteiger partial charge in [-0.15, -0.1) is 0 Å². The maximum atomic E-state index is 13.2. The molecule has 0 saturated carbocycles. The second kappa shape index (κ2) is 8.65. The molecule has 0 unspecified atom stereocenters. The minimum atomic E-state index is -0.677. The van der Waals surface area contributed by atoms with Crippen molar-refractivity contribution in [2.45, 2.75) is 19.9 Å². The van der Waals surface area contributed by atoms with E-state index < -0.39 is 17.4 Å². The molecule has 2 heterocycles. The molecule has 1 aromatic carbocycles. The number of nitrogen functional groups attached to an aromatic ring is 1. The van der Waals surface area contributed by atoms with Gasteiger partial charge in [-0.2, -0.15) is 0 Å². The Bertz CT molecular complexity index is 1200. The lowest BCUT2D eigenvalue weighted by Crippen LogP contribution is -2.29. The van der Waals surface area contributed by atoms with Crippen molar-refractivity contribution in [2.24, 2.45) is 5.73 Å². The van der Waals surface area contributed by atoms with Crippen LogP contribution in [0.1, 0.15) is 30.2 Å². The van der Waals surface area contributed by atoms with Gasteiger partial charge in [0.1, 0.15) is 5.52 Å². The summed E-state index contributed by atoms with van der Waals surface area (Å²) in [5.74, 6) is -0.956. The van der Waals surface area contributed by atoms with Gasteiger partial charge in [0, 0.05) is 18.4 Å². The third-order valence-electron chi connectivity index (χ3n) is 4.24. The molecule has 162 valence electrons. The third kappa shape index (κ3) is 4.37. The molecule has 3 rings (SSSR count). The van der Waals surface area contributed by atoms with E-state index in [0.717, 1.165) is 0 Å². The normalized spacial score (nSPS) is 10.8. The van der Waals surface area contributed by atoms with Crippen LogP contribution in [-0.2, 0) is 4.79 Å². The van der Waals surface area contributed by atoms with Crippen molar-refractivity contribution in [1.82, 2.24) is 19.5 Å². The highest BCUT2D eigenvalue weighted by atomic mass is 16.5. The zero-order valence-corrected chi connectivity index (χ0v) is 17.1. The average Bonchev–Trinajstić information content (AvgIpc) is 2.71. The van der Waals surface area contributed by atoms with E-state index in [1.54, 1.807) is 13.8 Å². The Morgan fingerprint density at radius 1 is 1.23 bits per heavy atom. The van der Waals surface area contributed by atoms with E-state index in [4.69, 9.17) is 20.9 Å². The van der Waals surface area contributed by atoms with Crippen LogP contribution in [0.25, 0.3) is 10.9 Å². The quantitative estimate of drug-likeness (QED) is 0.483. The van der Waals surface area contributed by atoms with Crippen LogP contribution >= 0.6 is 0 Å². The Balaban J connectivity index is 2.15. The molecule has 0 aliphatic heterocycles. The predicted molar refractivity (Wildman–Crippen MR) is 112 cm³/mol. The second-order valence-corrected chi connectivity index (χ2v) is 6.74. The monoisotopic (exact) mass is 427 g/mol. The predicted octanol–water partition coefficient (Wildman–Crippen LogP) is 0.475. The molecular weight excluding hydrogens is 406 g/mol. The first-order valence-electron chi connectivity index (χ1n) is 9.16. The molecule has 0 spiro atoms. The van der Waals surface area contributed by atoms with Gasteiger partial charge in [0.2, 0.25) is 11.9 Å². The van der Waals surface area contributed by atoms with Crippen molar-refractivity contribution in [1.29, 1.82) is 0 Å². The summed E-state index contributed by atoms with van der Waals surface area (Å²) in [4.78, 5) is 48.9. The maximum absolute atomic E-state index is 13.2. The number of carbonyl (C=O) groups is 2. The fraction of sp³-hybridized carbons (Fsp3) is 0.263. The molecule has 31 heavy (non-hydrogen) atoms. The zero-order chi connectivity index (χ0) is 22.7. The first-order valence-corrected chi connectivity index (χ1v) is 9.16. The van der Waals surface area contributed by atoms with Crippen molar-refractivity contribution in [3.05, 3.63) is 40.4 Å². The molecule has 5 N–H and O–H groups in total. The number of benzene rings is 1. The van der Waals surface area contributed by atoms with Crippen molar-refractivity contribution < 1.29 is 19.1 Å². The van der Waals surface area contributed by atoms with Gasteiger partial charge in [0.15, 0.2) is 18.1 Å². The fourth-order valence-electron chi connectivity index (χ4n) is 2.88. The van der Waals surface area contributed by atoms with Gasteiger partial charge in [-0.3, -0.25) is 24.3 Å². The molecule has 0 aliphatic carbocycles. The number of methoxy groups -OCH3 is 1. The summed E-state index contributed by atoms with van der Waals surface area (Å²) in [7, 11) is 1.37. The summed E-state index contributed by atoms with van der Waals surface area (Å²) in [5, 5.41) is 2.84. The number of nitrogens with one attached hydrogen (secondary N) is 1. The van der Waals surface area contributed by atoms with E-state index in [-0.39, 0.29) is 52.5 Å². The Hall–Kier alpha value is -4.22. The number of nitrogens with two attached hydrogens (primary N) is 2. The van der Waals surface area contributed by atoms with Gasteiger partial charge >= 0.3 is 0 Å². The largest absolute Gasteiger partial charge is 0.491 e. The number of nitrogens with zero attached hydrogens (tertiary/aromatic N) is 4. The summed E-state index contributed by atoms with van der Waals surface area (Å²) < 4.78 is 12.1. The molecule has 12 nitrogen and oxygen atoms in total. The van der Waals surface area contributed by atoms with Crippen LogP contribution in [0.15, 0.2) is 29.3 Å². The van der Waals surface area contributed by atoms with Gasteiger partial charge in [-0.1, -0.05) is 0 Å². The Kier molecular flexibility index (Phi) is 6.00. The molecule has 2 amide bonds. The third-order valence-corrected chi connectivity index (χ3v) is 4.24. The van der Waals surface area contributed by atoms with E-state index in [1.165, 1.54) is 36.2 Å². The van der Waals surface area contributed by atoms with Crippen LogP contribution in [0.5, 0.6) is 11.5 Å². The molecule has 0 radical (unpaired) electrons. The SMILES string of the molecule is COc1c(OCC(N)=O)ccc2c(=O)n(C(C)C)c(NC(=O)c3cnc(N)nc3)nc12. The zero-order valence-electron chi connectivity index (χ0n) is 17.1. The molecular formula is C19H21N7O5. The van der Waals surface area contributed by atoms with Crippen LogP contribution in [0.3, 0.4) is 0 Å². The molecule has 0 aliphatic rings. The standard InChI is InChI=1S/C19H21N7O5/c1-9(2)26-17(29)11-4-5-12(31-8-13(20)27)15(30-3)14(11)24-19(26)25-16(28)10-6-22-18(21)23-7-10/h4-7,9H,8H2,1-3H3,(H2,20,27)(H2,21,22,23)(H,24,25,28). The van der Waals surface area contributed by atoms with Crippen molar-refractivity contribution >= 4 is 34.6 Å². The molecule has 2 aromatic heterocycles. The number of aromatic nitrogens is 4. The van der Waals surface area contributed by atoms with Crippen molar-refractivity contribution in [3.8, 4) is 11.5 Å². The molecule has 0 saturated heterocycles. The van der Waals surface area contributed by atoms with Gasteiger partial charge in [-0.25, -0.2) is 15.0 Å². The summed E-state index contributed by atoms with van der Waals surface area (Å²) in [6.45, 7) is 3.17. The Morgan fingerprint density at radius 3 is 2.48 bits per heavy atom. The number of anilines is 2. The first kappa shape index (κ1) is 21.5. The highest BCUT2D eigenvalue weighted by molar-refractivity contribution is 6.03. The number of hydrogen-bond donors (Lipinski definition) is 3. The summed E-state index contributed by atoms with van der Waals surface area (Å²) in [6, 6.07) is 2.67. The van der Waals surface area contributed by atoms with E-state index >= 15 is 0 Å². The maximum Gasteiger partial charge on any atom is 0.263 e. The smallest absolute Gasteiger partial charge is 0.263 e. The van der Waals surface area contributed by atoms with Crippen molar-refractivity contribution in [2.75, 3.05) is 24.8 Å². The topological polar surface area (TPSA) is 177 Å². The molecule has 0 fully saturated rings. The summed E-state index contributed by atoms with van der Waals surface area (Å²) >= 11 is 0. The molecule has 12 heteroatoms. The fourth-order valence-corrected chi connectivity index (χ4v) is 2.88. The number of rotatable bonds is 7. The van der Waals surface area contributed by atoms with Crippen LogP contribution in [0.4, 0.5) is 11.9 Å². The highest BCUT2D eigenvalue weighted by Gasteiger charge is 2.21. The lowest BCUT2D eigenvalue weighted by molar-refractivity contribution is -0.119. The number of primary amides is 1. The van der Waals surface area contributed by atoms with E-state index in [9.17, 15) is 14.4 Å². The second-order valence-electron chi connectivity index (χ2n) is 6.74. The van der Waals surface area contributed by atoms with E-state index in [2.05, 4.69) is 20.3 Å². The number of carbonyl (C=O) groups excluding carboxylic acids is 2. The van der Waals surface area contributed by atoms with Gasteiger partial charge in [-0.05, 0) is 26.0 Å². The summed E-state index contributed by atoms with van der Waals surface area (Å²) in [5.41, 5.74) is 10.5. The molecule has 0 atom stereocenters. The highest BCUT2D eigenvalue weighted by Crippen LogP contribution is 2.34. The minimum absolute atomic E-state index is 0.0142. The molecule has 3 aromatic rings. The summed E-state index contributed by atoms with van der Waals surface area (Å²) in [6.07, 6.45) is 2.51. The lowest BCUT2D eigenvalue weighted by atomic mass is 10.2. The van der Waals surface area contributed by atoms with Crippen molar-refractivity contribution in [3.63, 3.8) is 0 Å². The molecule has 0 bridgehead atoms. The minimum Gasteiger partial charge on any atom is -0.491 e. The Labute approximate surface area is 176 Å². The van der Waals surface area contributed by atoms with Crippen LogP contribution in [0.2, 0.25) is 0 Å². The first-order chi connectivity index (χ1) is 14.7. The average molecular weight is 427 g/mol.